The van der Waals surface area contributed by atoms with Gasteiger partial charge in [-0.3, -0.25) is 14.4 Å². The summed E-state index contributed by atoms with van der Waals surface area (Å²) in [5.74, 6) is -4.19. The number of hydrogen-bond acceptors (Lipinski definition) is 4. The van der Waals surface area contributed by atoms with Crippen LogP contribution in [0.2, 0.25) is 15.1 Å². The normalized spacial score (nSPS) is 23.6. The molecule has 3 aromatic rings. The molecule has 3 aliphatic heterocycles. The number of Topliss-reactive ketones (excluding diaryl/α,β-unsaturated/α-hetero) is 1. The molecule has 5 nitrogen and oxygen atoms in total. The number of hydrogen-bond donors (Lipinski definition) is 0. The SMILES string of the molecule is O=C(c1ccc(Cl)cc1Cl)[C@@H]1[C@@H]2C(=O)N(c3ccc(Cl)c(C(F)(F)F)c3)C(=O)[C@@H]2C2c3ccccc3C=CN21. The van der Waals surface area contributed by atoms with E-state index in [1.165, 1.54) is 24.3 Å². The molecule has 2 fully saturated rings. The van der Waals surface area contributed by atoms with E-state index in [9.17, 15) is 27.6 Å². The number of ketones is 1. The fourth-order valence-electron chi connectivity index (χ4n) is 5.83. The summed E-state index contributed by atoms with van der Waals surface area (Å²) in [6.45, 7) is 0. The Morgan fingerprint density at radius 2 is 1.56 bits per heavy atom. The first kappa shape index (κ1) is 25.9. The number of rotatable bonds is 3. The van der Waals surface area contributed by atoms with Crippen LogP contribution >= 0.6 is 34.8 Å². The van der Waals surface area contributed by atoms with E-state index >= 15 is 0 Å². The third kappa shape index (κ3) is 3.96. The van der Waals surface area contributed by atoms with Crippen LogP contribution in [0.15, 0.2) is 66.9 Å². The van der Waals surface area contributed by atoms with E-state index in [-0.39, 0.29) is 16.3 Å². The Morgan fingerprint density at radius 1 is 0.846 bits per heavy atom. The van der Waals surface area contributed by atoms with Crippen LogP contribution < -0.4 is 4.90 Å². The smallest absolute Gasteiger partial charge is 0.358 e. The molecule has 3 aromatic carbocycles. The predicted molar refractivity (Wildman–Crippen MR) is 141 cm³/mol. The fourth-order valence-corrected chi connectivity index (χ4v) is 6.56. The predicted octanol–water partition coefficient (Wildman–Crippen LogP) is 7.06. The van der Waals surface area contributed by atoms with Crippen molar-refractivity contribution in [1.82, 2.24) is 4.90 Å². The molecule has 0 bridgehead atoms. The molecule has 1 unspecified atom stereocenters. The standard InChI is InChI=1S/C28H16Cl3F3N2O3/c29-14-5-7-17(20(31)11-14)25(37)24-22-21(23-16-4-2-1-3-13(16)9-10-35(23)24)26(38)36(27(22)39)15-6-8-19(30)18(12-15)28(32,33)34/h1-12,21-24H/t21-,22+,23?,24-/m0/s1. The van der Waals surface area contributed by atoms with Crippen molar-refractivity contribution in [3.05, 3.63) is 104 Å². The second-order valence-corrected chi connectivity index (χ2v) is 10.7. The van der Waals surface area contributed by atoms with Gasteiger partial charge in [0.05, 0.1) is 39.2 Å². The number of carbonyl (C=O) groups excluding carboxylic acids is 3. The minimum Gasteiger partial charge on any atom is -0.358 e. The Bertz CT molecular complexity index is 1610. The number of imide groups is 1. The van der Waals surface area contributed by atoms with Crippen molar-refractivity contribution in [3.63, 3.8) is 0 Å². The molecule has 0 spiro atoms. The van der Waals surface area contributed by atoms with Crippen molar-refractivity contribution in [2.75, 3.05) is 4.90 Å². The number of alkyl halides is 3. The molecular formula is C28H16Cl3F3N2O3. The summed E-state index contributed by atoms with van der Waals surface area (Å²) in [6, 6.07) is 12.6. The quantitative estimate of drug-likeness (QED) is 0.242. The zero-order valence-electron chi connectivity index (χ0n) is 19.6. The van der Waals surface area contributed by atoms with Crippen molar-refractivity contribution in [3.8, 4) is 0 Å². The number of anilines is 1. The lowest BCUT2D eigenvalue weighted by Gasteiger charge is -2.35. The molecule has 4 atom stereocenters. The first-order chi connectivity index (χ1) is 18.5. The number of amides is 2. The molecule has 6 rings (SSSR count). The van der Waals surface area contributed by atoms with Crippen LogP contribution in [0, 0.1) is 11.8 Å². The van der Waals surface area contributed by atoms with Crippen molar-refractivity contribution < 1.29 is 27.6 Å². The first-order valence-corrected chi connectivity index (χ1v) is 12.9. The molecule has 11 heteroatoms. The lowest BCUT2D eigenvalue weighted by molar-refractivity contribution is -0.137. The first-order valence-electron chi connectivity index (χ1n) is 11.8. The summed E-state index contributed by atoms with van der Waals surface area (Å²) in [4.78, 5) is 44.2. The number of fused-ring (bicyclic) bond motifs is 5. The molecular weight excluding hydrogens is 576 g/mol. The highest BCUT2D eigenvalue weighted by molar-refractivity contribution is 6.37. The van der Waals surface area contributed by atoms with Gasteiger partial charge in [0.1, 0.15) is 6.04 Å². The van der Waals surface area contributed by atoms with Gasteiger partial charge in [-0.1, -0.05) is 59.1 Å². The topological polar surface area (TPSA) is 57.7 Å². The fraction of sp³-hybridized carbons (Fsp3) is 0.179. The van der Waals surface area contributed by atoms with Gasteiger partial charge in [0.15, 0.2) is 5.78 Å². The van der Waals surface area contributed by atoms with Gasteiger partial charge in [-0.2, -0.15) is 13.2 Å². The molecule has 198 valence electrons. The van der Waals surface area contributed by atoms with Crippen molar-refractivity contribution in [2.45, 2.75) is 18.3 Å². The Morgan fingerprint density at radius 3 is 2.28 bits per heavy atom. The Balaban J connectivity index is 1.50. The number of nitrogens with zero attached hydrogens (tertiary/aromatic N) is 2. The van der Waals surface area contributed by atoms with Crippen LogP contribution in [0.5, 0.6) is 0 Å². The Hall–Kier alpha value is -3.33. The monoisotopic (exact) mass is 590 g/mol. The number of benzene rings is 3. The van der Waals surface area contributed by atoms with Gasteiger partial charge in [-0.25, -0.2) is 4.90 Å². The largest absolute Gasteiger partial charge is 0.417 e. The zero-order chi connectivity index (χ0) is 27.8. The molecule has 3 aliphatic rings. The van der Waals surface area contributed by atoms with E-state index in [1.54, 1.807) is 29.3 Å². The molecule has 0 aromatic heterocycles. The second-order valence-electron chi connectivity index (χ2n) is 9.50. The highest BCUT2D eigenvalue weighted by Gasteiger charge is 2.64. The van der Waals surface area contributed by atoms with E-state index in [4.69, 9.17) is 34.8 Å². The third-order valence-corrected chi connectivity index (χ3v) is 8.32. The average Bonchev–Trinajstić information content (AvgIpc) is 3.36. The number of carbonyl (C=O) groups is 3. The lowest BCUT2D eigenvalue weighted by Crippen LogP contribution is -2.44. The van der Waals surface area contributed by atoms with Gasteiger partial charge in [-0.05, 0) is 53.6 Å². The maximum absolute atomic E-state index is 14.0. The highest BCUT2D eigenvalue weighted by atomic mass is 35.5. The van der Waals surface area contributed by atoms with E-state index in [1.807, 2.05) is 12.1 Å². The summed E-state index contributed by atoms with van der Waals surface area (Å²) in [5.41, 5.74) is 0.204. The van der Waals surface area contributed by atoms with Crippen LogP contribution in [0.1, 0.15) is 33.1 Å². The van der Waals surface area contributed by atoms with E-state index in [0.717, 1.165) is 22.1 Å². The van der Waals surface area contributed by atoms with Crippen LogP contribution in [0.4, 0.5) is 18.9 Å². The van der Waals surface area contributed by atoms with Crippen LogP contribution in [-0.2, 0) is 15.8 Å². The summed E-state index contributed by atoms with van der Waals surface area (Å²) in [6.07, 6.45) is -1.34. The summed E-state index contributed by atoms with van der Waals surface area (Å²) >= 11 is 18.1. The van der Waals surface area contributed by atoms with E-state index < -0.39 is 58.3 Å². The highest BCUT2D eigenvalue weighted by Crippen LogP contribution is 2.54. The van der Waals surface area contributed by atoms with Gasteiger partial charge < -0.3 is 4.90 Å². The maximum Gasteiger partial charge on any atom is 0.417 e. The minimum atomic E-state index is -4.80. The van der Waals surface area contributed by atoms with Gasteiger partial charge in [0.2, 0.25) is 11.8 Å². The molecule has 2 amide bonds. The second kappa shape index (κ2) is 9.11. The number of halogens is 6. The lowest BCUT2D eigenvalue weighted by atomic mass is 9.83. The minimum absolute atomic E-state index is 0.0787. The third-order valence-electron chi connectivity index (χ3n) is 7.44. The zero-order valence-corrected chi connectivity index (χ0v) is 21.9. The van der Waals surface area contributed by atoms with Crippen LogP contribution in [0.3, 0.4) is 0 Å². The summed E-state index contributed by atoms with van der Waals surface area (Å²) < 4.78 is 40.8. The molecule has 0 aliphatic carbocycles. The van der Waals surface area contributed by atoms with Crippen LogP contribution in [-0.4, -0.2) is 28.5 Å². The van der Waals surface area contributed by atoms with E-state index in [2.05, 4.69) is 0 Å². The van der Waals surface area contributed by atoms with Gasteiger partial charge in [-0.15, -0.1) is 0 Å². The molecule has 0 radical (unpaired) electrons. The Labute approximate surface area is 235 Å². The summed E-state index contributed by atoms with van der Waals surface area (Å²) in [7, 11) is 0. The van der Waals surface area contributed by atoms with Crippen molar-refractivity contribution in [2.24, 2.45) is 11.8 Å². The molecule has 3 heterocycles. The molecule has 0 saturated carbocycles. The van der Waals surface area contributed by atoms with Gasteiger partial charge in [0.25, 0.3) is 0 Å². The molecule has 0 N–H and O–H groups in total. The molecule has 2 saturated heterocycles. The van der Waals surface area contributed by atoms with Gasteiger partial charge in [0, 0.05) is 16.8 Å². The molecule has 39 heavy (non-hydrogen) atoms. The van der Waals surface area contributed by atoms with Crippen molar-refractivity contribution >= 4 is 64.2 Å². The average molecular weight is 592 g/mol. The maximum atomic E-state index is 14.0. The van der Waals surface area contributed by atoms with Crippen LogP contribution in [0.25, 0.3) is 6.08 Å². The van der Waals surface area contributed by atoms with Crippen molar-refractivity contribution in [1.29, 1.82) is 0 Å². The summed E-state index contributed by atoms with van der Waals surface area (Å²) in [5, 5.41) is -0.171. The Kier molecular flexibility index (Phi) is 6.06. The van der Waals surface area contributed by atoms with Gasteiger partial charge >= 0.3 is 6.18 Å². The van der Waals surface area contributed by atoms with E-state index in [0.29, 0.717) is 11.1 Å².